The fourth-order valence-corrected chi connectivity index (χ4v) is 3.54. The van der Waals surface area contributed by atoms with Gasteiger partial charge in [0.2, 0.25) is 0 Å². The van der Waals surface area contributed by atoms with Crippen molar-refractivity contribution in [3.8, 4) is 0 Å². The van der Waals surface area contributed by atoms with Crippen molar-refractivity contribution in [2.24, 2.45) is 5.92 Å². The number of aromatic nitrogens is 2. The smallest absolute Gasteiger partial charge is 0.289 e. The normalized spacial score (nSPS) is 16.0. The van der Waals surface area contributed by atoms with E-state index in [0.29, 0.717) is 37.1 Å². The topological polar surface area (TPSA) is 70.5 Å². The minimum atomic E-state index is -0.217. The minimum Gasteiger partial charge on any atom is -0.375 e. The average Bonchev–Trinajstić information content (AvgIpc) is 3.42. The first kappa shape index (κ1) is 18.5. The number of amides is 2. The van der Waals surface area contributed by atoms with Gasteiger partial charge in [-0.15, -0.1) is 0 Å². The van der Waals surface area contributed by atoms with Crippen molar-refractivity contribution >= 4 is 17.5 Å². The molecule has 1 aliphatic heterocycles. The summed E-state index contributed by atoms with van der Waals surface area (Å²) in [7, 11) is 2.04. The van der Waals surface area contributed by atoms with Crippen LogP contribution in [0.4, 0.5) is 5.69 Å². The highest BCUT2D eigenvalue weighted by atomic mass is 16.2. The van der Waals surface area contributed by atoms with Gasteiger partial charge in [-0.2, -0.15) is 0 Å². The van der Waals surface area contributed by atoms with Crippen molar-refractivity contribution in [1.82, 2.24) is 19.8 Å². The lowest BCUT2D eigenvalue weighted by atomic mass is 10.3. The van der Waals surface area contributed by atoms with E-state index in [2.05, 4.69) is 27.3 Å². The summed E-state index contributed by atoms with van der Waals surface area (Å²) < 4.78 is 1.81. The first-order chi connectivity index (χ1) is 13.6. The molecular formula is C21H27N5O2. The van der Waals surface area contributed by atoms with E-state index in [-0.39, 0.29) is 11.8 Å². The monoisotopic (exact) mass is 381 g/mol. The maximum Gasteiger partial charge on any atom is 0.289 e. The Morgan fingerprint density at radius 2 is 2.04 bits per heavy atom. The quantitative estimate of drug-likeness (QED) is 0.710. The number of carbonyl (C=O) groups excluding carboxylic acids is 2. The molecule has 2 heterocycles. The maximum atomic E-state index is 12.6. The second kappa shape index (κ2) is 8.04. The molecule has 7 nitrogen and oxygen atoms in total. The van der Waals surface area contributed by atoms with Crippen LogP contribution in [0.5, 0.6) is 0 Å². The molecule has 0 saturated heterocycles. The molecule has 0 atom stereocenters. The van der Waals surface area contributed by atoms with Crippen molar-refractivity contribution in [2.75, 3.05) is 38.1 Å². The van der Waals surface area contributed by atoms with Gasteiger partial charge in [0.05, 0.1) is 0 Å². The largest absolute Gasteiger partial charge is 0.375 e. The van der Waals surface area contributed by atoms with Crippen molar-refractivity contribution in [3.63, 3.8) is 0 Å². The number of carbonyl (C=O) groups is 2. The van der Waals surface area contributed by atoms with Gasteiger partial charge in [-0.1, -0.05) is 18.2 Å². The number of hydrogen-bond donors (Lipinski definition) is 1. The number of benzene rings is 1. The summed E-state index contributed by atoms with van der Waals surface area (Å²) in [5.41, 5.74) is 1.48. The third kappa shape index (κ3) is 4.18. The number of imidazole rings is 1. The molecule has 0 spiro atoms. The number of fused-ring (bicyclic) bond motifs is 1. The Kier molecular flexibility index (Phi) is 5.32. The second-order valence-electron chi connectivity index (χ2n) is 7.70. The average molecular weight is 381 g/mol. The van der Waals surface area contributed by atoms with Gasteiger partial charge in [0, 0.05) is 51.7 Å². The zero-order valence-electron chi connectivity index (χ0n) is 16.3. The Morgan fingerprint density at radius 1 is 1.25 bits per heavy atom. The van der Waals surface area contributed by atoms with Gasteiger partial charge in [-0.3, -0.25) is 9.59 Å². The molecule has 148 valence electrons. The molecule has 1 aromatic carbocycles. The molecule has 0 unspecified atom stereocenters. The van der Waals surface area contributed by atoms with Crippen LogP contribution in [-0.4, -0.2) is 59.5 Å². The summed E-state index contributed by atoms with van der Waals surface area (Å²) in [5.74, 6) is 0.774. The van der Waals surface area contributed by atoms with Crippen LogP contribution in [0, 0.1) is 5.92 Å². The van der Waals surface area contributed by atoms with Crippen LogP contribution in [0.15, 0.2) is 36.5 Å². The molecule has 1 N–H and O–H groups in total. The van der Waals surface area contributed by atoms with E-state index in [1.54, 1.807) is 6.20 Å². The van der Waals surface area contributed by atoms with Crippen LogP contribution >= 0.6 is 0 Å². The summed E-state index contributed by atoms with van der Waals surface area (Å²) in [6, 6.07) is 10.2. The highest BCUT2D eigenvalue weighted by Gasteiger charge is 2.32. The first-order valence-electron chi connectivity index (χ1n) is 10.0. The van der Waals surface area contributed by atoms with Crippen LogP contribution in [0.1, 0.15) is 40.4 Å². The van der Waals surface area contributed by atoms with Gasteiger partial charge in [-0.25, -0.2) is 4.98 Å². The molecule has 1 aromatic heterocycles. The number of anilines is 1. The minimum absolute atomic E-state index is 0.0540. The molecule has 28 heavy (non-hydrogen) atoms. The fraction of sp³-hybridized carbons (Fsp3) is 0.476. The lowest BCUT2D eigenvalue weighted by Crippen LogP contribution is -2.41. The van der Waals surface area contributed by atoms with Gasteiger partial charge < -0.3 is 19.7 Å². The highest BCUT2D eigenvalue weighted by Crippen LogP contribution is 2.30. The van der Waals surface area contributed by atoms with E-state index in [9.17, 15) is 9.59 Å². The molecule has 1 aliphatic carbocycles. The fourth-order valence-electron chi connectivity index (χ4n) is 3.54. The van der Waals surface area contributed by atoms with Gasteiger partial charge in [0.1, 0.15) is 5.69 Å². The number of nitrogens with zero attached hydrogens (tertiary/aromatic N) is 4. The van der Waals surface area contributed by atoms with Crippen LogP contribution in [-0.2, 0) is 6.54 Å². The molecule has 2 amide bonds. The van der Waals surface area contributed by atoms with Crippen LogP contribution in [0.2, 0.25) is 0 Å². The summed E-state index contributed by atoms with van der Waals surface area (Å²) in [6.07, 6.45) is 4.96. The third-order valence-electron chi connectivity index (χ3n) is 5.43. The SMILES string of the molecule is CN(CCCNC(=O)c1cn2c(n1)C(=O)N(CC1CC1)CC2)c1ccccc1. The molecule has 1 saturated carbocycles. The predicted molar refractivity (Wildman–Crippen MR) is 108 cm³/mol. The molecular weight excluding hydrogens is 354 g/mol. The summed E-state index contributed by atoms with van der Waals surface area (Å²) in [5, 5.41) is 2.92. The number of hydrogen-bond acceptors (Lipinski definition) is 4. The molecule has 0 bridgehead atoms. The Morgan fingerprint density at radius 3 is 2.79 bits per heavy atom. The lowest BCUT2D eigenvalue weighted by molar-refractivity contribution is 0.0688. The van der Waals surface area contributed by atoms with Gasteiger partial charge in [0.25, 0.3) is 11.8 Å². The van der Waals surface area contributed by atoms with E-state index >= 15 is 0 Å². The standard InChI is InChI=1S/C21H27N5O2/c1-24(17-6-3-2-4-7-17)11-5-10-22-20(27)18-15-25-12-13-26(14-16-8-9-16)21(28)19(25)23-18/h2-4,6-7,15-16H,5,8-14H2,1H3,(H,22,27). The molecule has 0 radical (unpaired) electrons. The zero-order valence-corrected chi connectivity index (χ0v) is 16.3. The van der Waals surface area contributed by atoms with Crippen LogP contribution < -0.4 is 10.2 Å². The maximum absolute atomic E-state index is 12.6. The Bertz CT molecular complexity index is 844. The molecule has 4 rings (SSSR count). The van der Waals surface area contributed by atoms with Crippen LogP contribution in [0.25, 0.3) is 0 Å². The van der Waals surface area contributed by atoms with E-state index in [0.717, 1.165) is 25.2 Å². The summed E-state index contributed by atoms with van der Waals surface area (Å²) in [6.45, 7) is 3.64. The van der Waals surface area contributed by atoms with E-state index in [1.165, 1.54) is 12.8 Å². The molecule has 2 aromatic rings. The highest BCUT2D eigenvalue weighted by molar-refractivity contribution is 5.96. The van der Waals surface area contributed by atoms with Crippen molar-refractivity contribution in [2.45, 2.75) is 25.8 Å². The van der Waals surface area contributed by atoms with Crippen molar-refractivity contribution in [1.29, 1.82) is 0 Å². The van der Waals surface area contributed by atoms with Gasteiger partial charge in [0.15, 0.2) is 5.82 Å². The van der Waals surface area contributed by atoms with Crippen molar-refractivity contribution < 1.29 is 9.59 Å². The Labute approximate surface area is 165 Å². The Balaban J connectivity index is 1.27. The second-order valence-corrected chi connectivity index (χ2v) is 7.70. The van der Waals surface area contributed by atoms with Crippen LogP contribution in [0.3, 0.4) is 0 Å². The van der Waals surface area contributed by atoms with E-state index < -0.39 is 0 Å². The van der Waals surface area contributed by atoms with Gasteiger partial charge >= 0.3 is 0 Å². The molecule has 2 aliphatic rings. The molecule has 1 fully saturated rings. The predicted octanol–water partition coefficient (Wildman–Crippen LogP) is 2.01. The van der Waals surface area contributed by atoms with E-state index in [1.807, 2.05) is 34.7 Å². The summed E-state index contributed by atoms with van der Waals surface area (Å²) >= 11 is 0. The van der Waals surface area contributed by atoms with E-state index in [4.69, 9.17) is 0 Å². The lowest BCUT2D eigenvalue weighted by Gasteiger charge is -2.27. The third-order valence-corrected chi connectivity index (χ3v) is 5.43. The summed E-state index contributed by atoms with van der Waals surface area (Å²) in [4.78, 5) is 33.4. The zero-order chi connectivity index (χ0) is 19.5. The first-order valence-corrected chi connectivity index (χ1v) is 10.0. The number of para-hydroxylation sites is 1. The molecule has 7 heteroatoms. The Hall–Kier alpha value is -2.83. The van der Waals surface area contributed by atoms with Crippen molar-refractivity contribution in [3.05, 3.63) is 48.0 Å². The number of rotatable bonds is 8. The number of nitrogens with one attached hydrogen (secondary N) is 1. The van der Waals surface area contributed by atoms with Gasteiger partial charge in [-0.05, 0) is 37.3 Å².